The molecule has 0 aliphatic carbocycles. The third-order valence-electron chi connectivity index (χ3n) is 5.55. The van der Waals surface area contributed by atoms with E-state index in [1.807, 2.05) is 12.1 Å². The van der Waals surface area contributed by atoms with Crippen LogP contribution >= 0.6 is 0 Å². The van der Waals surface area contributed by atoms with Gasteiger partial charge in [0.2, 0.25) is 0 Å². The van der Waals surface area contributed by atoms with Crippen LogP contribution in [0.4, 0.5) is 20.2 Å². The Bertz CT molecular complexity index is 1150. The van der Waals surface area contributed by atoms with E-state index in [-0.39, 0.29) is 22.9 Å². The summed E-state index contributed by atoms with van der Waals surface area (Å²) in [6.45, 7) is 4.16. The zero-order valence-electron chi connectivity index (χ0n) is 17.7. The smallest absolute Gasteiger partial charge is 0.149 e. The van der Waals surface area contributed by atoms with E-state index in [0.717, 1.165) is 37.0 Å². The van der Waals surface area contributed by atoms with Crippen molar-refractivity contribution < 1.29 is 8.78 Å². The van der Waals surface area contributed by atoms with Gasteiger partial charge in [0, 0.05) is 30.9 Å². The maximum atomic E-state index is 14.4. The molecule has 0 amide bonds. The lowest BCUT2D eigenvalue weighted by Crippen LogP contribution is -2.46. The summed E-state index contributed by atoms with van der Waals surface area (Å²) in [6, 6.07) is 10.6. The quantitative estimate of drug-likeness (QED) is 0.629. The molecule has 2 aromatic heterocycles. The molecule has 0 radical (unpaired) electrons. The van der Waals surface area contributed by atoms with E-state index in [4.69, 9.17) is 11.0 Å². The monoisotopic (exact) mass is 434 g/mol. The molecule has 164 valence electrons. The Morgan fingerprint density at radius 1 is 1.19 bits per heavy atom. The molecule has 0 unspecified atom stereocenters. The topological polar surface area (TPSA) is 90.9 Å². The van der Waals surface area contributed by atoms with Crippen molar-refractivity contribution in [2.45, 2.75) is 25.9 Å². The van der Waals surface area contributed by atoms with Gasteiger partial charge in [0.05, 0.1) is 41.4 Å². The number of rotatable bonds is 5. The van der Waals surface area contributed by atoms with Crippen molar-refractivity contribution in [3.63, 3.8) is 0 Å². The van der Waals surface area contributed by atoms with Crippen molar-refractivity contribution in [2.75, 3.05) is 23.3 Å². The fourth-order valence-corrected chi connectivity index (χ4v) is 4.13. The van der Waals surface area contributed by atoms with Crippen LogP contribution in [0.5, 0.6) is 0 Å². The number of hydrogen-bond donors (Lipinski definition) is 2. The molecule has 1 saturated heterocycles. The Kier molecular flexibility index (Phi) is 6.28. The first-order valence-corrected chi connectivity index (χ1v) is 10.5. The Morgan fingerprint density at radius 3 is 2.78 bits per heavy atom. The number of aromatic nitrogens is 2. The van der Waals surface area contributed by atoms with Crippen LogP contribution in [0.15, 0.2) is 48.8 Å². The molecule has 1 fully saturated rings. The molecule has 6 nitrogen and oxygen atoms in total. The van der Waals surface area contributed by atoms with E-state index >= 15 is 0 Å². The van der Waals surface area contributed by atoms with Crippen molar-refractivity contribution in [3.05, 3.63) is 71.7 Å². The van der Waals surface area contributed by atoms with Gasteiger partial charge in [0.25, 0.3) is 0 Å². The van der Waals surface area contributed by atoms with E-state index in [1.165, 1.54) is 18.2 Å². The lowest BCUT2D eigenvalue weighted by atomic mass is 9.96. The molecular weight excluding hydrogens is 410 g/mol. The minimum absolute atomic E-state index is 0.0155. The largest absolute Gasteiger partial charge is 0.376 e. The van der Waals surface area contributed by atoms with Crippen molar-refractivity contribution >= 4 is 11.4 Å². The number of nitriles is 1. The molecule has 2 atom stereocenters. The molecule has 1 aliphatic heterocycles. The SMILES string of the molecule is C[C@@H]1C[C@H](N)CN(c2ccncc2NCc2ccc(F)c(-c3ccc(C#N)cc3F)n2)C1. The van der Waals surface area contributed by atoms with Crippen LogP contribution in [-0.4, -0.2) is 29.1 Å². The molecule has 3 N–H and O–H groups in total. The van der Waals surface area contributed by atoms with Crippen molar-refractivity contribution in [1.82, 2.24) is 9.97 Å². The number of benzene rings is 1. The molecule has 1 aromatic carbocycles. The molecule has 0 bridgehead atoms. The predicted octanol–water partition coefficient (Wildman–Crippen LogP) is 4.08. The predicted molar refractivity (Wildman–Crippen MR) is 120 cm³/mol. The zero-order valence-corrected chi connectivity index (χ0v) is 17.7. The lowest BCUT2D eigenvalue weighted by Gasteiger charge is -2.37. The number of halogens is 2. The van der Waals surface area contributed by atoms with Crippen LogP contribution in [-0.2, 0) is 6.54 Å². The first kappa shape index (κ1) is 21.7. The number of anilines is 2. The number of hydrogen-bond acceptors (Lipinski definition) is 6. The van der Waals surface area contributed by atoms with Crippen LogP contribution in [0.1, 0.15) is 24.6 Å². The summed E-state index contributed by atoms with van der Waals surface area (Å²) in [4.78, 5) is 10.8. The summed E-state index contributed by atoms with van der Waals surface area (Å²) < 4.78 is 28.8. The van der Waals surface area contributed by atoms with Gasteiger partial charge in [-0.25, -0.2) is 13.8 Å². The van der Waals surface area contributed by atoms with Gasteiger partial charge in [0.15, 0.2) is 0 Å². The highest BCUT2D eigenvalue weighted by molar-refractivity contribution is 5.69. The van der Waals surface area contributed by atoms with Crippen LogP contribution in [0.25, 0.3) is 11.3 Å². The molecule has 1 aliphatic rings. The van der Waals surface area contributed by atoms with Gasteiger partial charge in [-0.3, -0.25) is 4.98 Å². The summed E-state index contributed by atoms with van der Waals surface area (Å²) in [5.41, 5.74) is 8.68. The molecule has 32 heavy (non-hydrogen) atoms. The Balaban J connectivity index is 1.56. The highest BCUT2D eigenvalue weighted by Gasteiger charge is 2.24. The Morgan fingerprint density at radius 2 is 2.03 bits per heavy atom. The number of piperidine rings is 1. The molecule has 0 spiro atoms. The zero-order chi connectivity index (χ0) is 22.7. The van der Waals surface area contributed by atoms with Gasteiger partial charge in [-0.05, 0) is 48.7 Å². The molecule has 0 saturated carbocycles. The Labute approximate surface area is 185 Å². The number of nitrogens with zero attached hydrogens (tertiary/aromatic N) is 4. The minimum Gasteiger partial charge on any atom is -0.376 e. The van der Waals surface area contributed by atoms with Crippen molar-refractivity contribution in [1.29, 1.82) is 5.26 Å². The van der Waals surface area contributed by atoms with Gasteiger partial charge < -0.3 is 16.0 Å². The van der Waals surface area contributed by atoms with Crippen LogP contribution in [0.2, 0.25) is 0 Å². The lowest BCUT2D eigenvalue weighted by molar-refractivity contribution is 0.402. The fourth-order valence-electron chi connectivity index (χ4n) is 4.13. The normalized spacial score (nSPS) is 18.3. The van der Waals surface area contributed by atoms with Crippen LogP contribution < -0.4 is 16.0 Å². The maximum absolute atomic E-state index is 14.4. The van der Waals surface area contributed by atoms with Gasteiger partial charge in [-0.15, -0.1) is 0 Å². The number of pyridine rings is 2. The molecule has 8 heteroatoms. The van der Waals surface area contributed by atoms with Crippen molar-refractivity contribution in [2.24, 2.45) is 11.7 Å². The second-order valence-corrected chi connectivity index (χ2v) is 8.19. The van der Waals surface area contributed by atoms with Gasteiger partial charge in [0.1, 0.15) is 17.3 Å². The third kappa shape index (κ3) is 4.68. The minimum atomic E-state index is -0.689. The molecule has 3 heterocycles. The number of nitrogens with one attached hydrogen (secondary N) is 1. The summed E-state index contributed by atoms with van der Waals surface area (Å²) in [7, 11) is 0. The van der Waals surface area contributed by atoms with Gasteiger partial charge >= 0.3 is 0 Å². The van der Waals surface area contributed by atoms with Gasteiger partial charge in [-0.1, -0.05) is 6.92 Å². The highest BCUT2D eigenvalue weighted by atomic mass is 19.1. The second-order valence-electron chi connectivity index (χ2n) is 8.19. The summed E-state index contributed by atoms with van der Waals surface area (Å²) in [5, 5.41) is 12.2. The van der Waals surface area contributed by atoms with E-state index < -0.39 is 11.6 Å². The average molecular weight is 434 g/mol. The summed E-state index contributed by atoms with van der Waals surface area (Å²) in [6.07, 6.45) is 4.48. The van der Waals surface area contributed by atoms with E-state index in [1.54, 1.807) is 18.5 Å². The average Bonchev–Trinajstić information content (AvgIpc) is 2.78. The molecule has 4 rings (SSSR count). The number of nitrogens with two attached hydrogens (primary N) is 1. The molecule has 3 aromatic rings. The van der Waals surface area contributed by atoms with Crippen molar-refractivity contribution in [3.8, 4) is 17.3 Å². The first-order valence-electron chi connectivity index (χ1n) is 10.5. The summed E-state index contributed by atoms with van der Waals surface area (Å²) in [5.74, 6) is -0.829. The Hall–Kier alpha value is -3.57. The van der Waals surface area contributed by atoms with Crippen LogP contribution in [0.3, 0.4) is 0 Å². The standard InChI is InChI=1S/C24H24F2N6/c1-15-8-17(28)14-32(13-15)23-6-7-29-12-22(23)30-11-18-3-5-20(25)24(31-18)19-4-2-16(10-27)9-21(19)26/h2-7,9,12,15,17,30H,8,11,13-14,28H2,1H3/t15-,17+/m1/s1. The first-order chi connectivity index (χ1) is 15.4. The second kappa shape index (κ2) is 9.28. The van der Waals surface area contributed by atoms with E-state index in [9.17, 15) is 8.78 Å². The van der Waals surface area contributed by atoms with Crippen LogP contribution in [0, 0.1) is 28.9 Å². The maximum Gasteiger partial charge on any atom is 0.149 e. The highest BCUT2D eigenvalue weighted by Crippen LogP contribution is 2.30. The summed E-state index contributed by atoms with van der Waals surface area (Å²) >= 11 is 0. The third-order valence-corrected chi connectivity index (χ3v) is 5.55. The van der Waals surface area contributed by atoms with Gasteiger partial charge in [-0.2, -0.15) is 5.26 Å². The van der Waals surface area contributed by atoms with E-state index in [0.29, 0.717) is 18.2 Å². The van der Waals surface area contributed by atoms with E-state index in [2.05, 4.69) is 27.1 Å². The molecular formula is C24H24F2N6. The fraction of sp³-hybridized carbons (Fsp3) is 0.292.